The molecule has 3 unspecified atom stereocenters. The van der Waals surface area contributed by atoms with Gasteiger partial charge in [0.15, 0.2) is 0 Å². The molecule has 1 heterocycles. The Morgan fingerprint density at radius 1 is 0.951 bits per heavy atom. The minimum atomic E-state index is -0.680. The number of aryl methyl sites for hydroxylation is 1. The van der Waals surface area contributed by atoms with Crippen molar-refractivity contribution in [1.82, 2.24) is 4.90 Å². The van der Waals surface area contributed by atoms with Gasteiger partial charge in [-0.2, -0.15) is 0 Å². The highest BCUT2D eigenvalue weighted by Crippen LogP contribution is 2.45. The second-order valence-electron chi connectivity index (χ2n) is 11.6. The Bertz CT molecular complexity index is 1670. The van der Waals surface area contributed by atoms with Gasteiger partial charge < -0.3 is 14.3 Å². The zero-order valence-corrected chi connectivity index (χ0v) is 23.8. The summed E-state index contributed by atoms with van der Waals surface area (Å²) < 4.78 is 12.7. The summed E-state index contributed by atoms with van der Waals surface area (Å²) in [4.78, 5) is 14.5. The van der Waals surface area contributed by atoms with Crippen LogP contribution in [0.25, 0.3) is 21.9 Å². The summed E-state index contributed by atoms with van der Waals surface area (Å²) in [6.07, 6.45) is 1.62. The van der Waals surface area contributed by atoms with E-state index in [-0.39, 0.29) is 11.8 Å². The molecule has 3 atom stereocenters. The van der Waals surface area contributed by atoms with E-state index in [1.54, 1.807) is 0 Å². The van der Waals surface area contributed by atoms with Crippen molar-refractivity contribution in [2.24, 2.45) is 17.8 Å². The number of benzene rings is 4. The Hall–Kier alpha value is -4.09. The highest BCUT2D eigenvalue weighted by atomic mass is 16.5. The van der Waals surface area contributed by atoms with Crippen molar-refractivity contribution in [1.29, 1.82) is 0 Å². The first-order chi connectivity index (χ1) is 20.0. The van der Waals surface area contributed by atoms with Crippen LogP contribution in [0.4, 0.5) is 0 Å². The lowest BCUT2D eigenvalue weighted by Crippen LogP contribution is -2.28. The van der Waals surface area contributed by atoms with Crippen LogP contribution in [0.1, 0.15) is 42.0 Å². The molecule has 5 heteroatoms. The molecule has 1 aromatic heterocycles. The summed E-state index contributed by atoms with van der Waals surface area (Å²) in [6.45, 7) is 6.71. The highest BCUT2D eigenvalue weighted by Gasteiger charge is 2.42. The van der Waals surface area contributed by atoms with Gasteiger partial charge in [0.1, 0.15) is 23.5 Å². The van der Waals surface area contributed by atoms with Gasteiger partial charge in [0, 0.05) is 35.0 Å². The third-order valence-electron chi connectivity index (χ3n) is 8.49. The molecule has 1 N–H and O–H groups in total. The topological polar surface area (TPSA) is 62.9 Å². The van der Waals surface area contributed by atoms with Crippen LogP contribution in [-0.2, 0) is 24.5 Å². The van der Waals surface area contributed by atoms with Gasteiger partial charge >= 0.3 is 5.97 Å². The van der Waals surface area contributed by atoms with Crippen molar-refractivity contribution < 1.29 is 19.1 Å². The van der Waals surface area contributed by atoms with Crippen LogP contribution in [0.2, 0.25) is 0 Å². The average molecular weight is 548 g/mol. The summed E-state index contributed by atoms with van der Waals surface area (Å²) in [6, 6.07) is 31.0. The smallest absolute Gasteiger partial charge is 0.306 e. The monoisotopic (exact) mass is 547 g/mol. The van der Waals surface area contributed by atoms with Crippen LogP contribution >= 0.6 is 0 Å². The number of para-hydroxylation sites is 3. The molecular weight excluding hydrogens is 510 g/mol. The van der Waals surface area contributed by atoms with E-state index < -0.39 is 5.97 Å². The quantitative estimate of drug-likeness (QED) is 0.170. The lowest BCUT2D eigenvalue weighted by atomic mass is 9.97. The van der Waals surface area contributed by atoms with Crippen molar-refractivity contribution in [2.45, 2.75) is 46.4 Å². The van der Waals surface area contributed by atoms with Crippen LogP contribution in [0, 0.1) is 24.7 Å². The molecule has 0 spiro atoms. The fourth-order valence-electron chi connectivity index (χ4n) is 6.12. The average Bonchev–Trinajstić information content (AvgIpc) is 3.55. The van der Waals surface area contributed by atoms with E-state index >= 15 is 0 Å². The Morgan fingerprint density at radius 2 is 1.66 bits per heavy atom. The van der Waals surface area contributed by atoms with E-state index in [0.717, 1.165) is 50.8 Å². The van der Waals surface area contributed by atoms with Gasteiger partial charge in [0.05, 0.1) is 5.92 Å². The lowest BCUT2D eigenvalue weighted by molar-refractivity contribution is -0.143. The molecule has 0 saturated heterocycles. The summed E-state index contributed by atoms with van der Waals surface area (Å²) in [5.74, 6) is 0.622. The van der Waals surface area contributed by atoms with Gasteiger partial charge in [-0.25, -0.2) is 0 Å². The molecule has 1 saturated carbocycles. The maximum absolute atomic E-state index is 12.2. The molecule has 4 aromatic carbocycles. The van der Waals surface area contributed by atoms with E-state index in [9.17, 15) is 9.90 Å². The van der Waals surface area contributed by atoms with Gasteiger partial charge in [-0.3, -0.25) is 9.69 Å². The molecule has 5 nitrogen and oxygen atoms in total. The normalized spacial score (nSPS) is 17.2. The SMILES string of the molecule is Cc1cccc(COc2ccccc2CN(CCC(C(=O)O)C2CC2C)Cc2cccc3c2oc2ccccc23)c1. The van der Waals surface area contributed by atoms with Crippen LogP contribution < -0.4 is 4.74 Å². The molecule has 5 aromatic rings. The van der Waals surface area contributed by atoms with E-state index in [4.69, 9.17) is 9.15 Å². The highest BCUT2D eigenvalue weighted by molar-refractivity contribution is 6.05. The minimum absolute atomic E-state index is 0.276. The first kappa shape index (κ1) is 27.1. The summed E-state index contributed by atoms with van der Waals surface area (Å²) in [5, 5.41) is 12.2. The molecular formula is C36H37NO4. The molecule has 1 aliphatic rings. The van der Waals surface area contributed by atoms with Crippen molar-refractivity contribution in [2.75, 3.05) is 6.54 Å². The molecule has 0 bridgehead atoms. The van der Waals surface area contributed by atoms with Gasteiger partial charge in [-0.1, -0.05) is 91.3 Å². The number of fused-ring (bicyclic) bond motifs is 3. The first-order valence-electron chi connectivity index (χ1n) is 14.6. The van der Waals surface area contributed by atoms with E-state index in [2.05, 4.69) is 73.3 Å². The zero-order valence-electron chi connectivity index (χ0n) is 23.8. The van der Waals surface area contributed by atoms with Crippen LogP contribution in [0.15, 0.2) is 95.4 Å². The molecule has 0 radical (unpaired) electrons. The Balaban J connectivity index is 1.27. The largest absolute Gasteiger partial charge is 0.489 e. The third kappa shape index (κ3) is 6.15. The molecule has 0 amide bonds. The maximum Gasteiger partial charge on any atom is 0.306 e. The third-order valence-corrected chi connectivity index (χ3v) is 8.49. The number of hydrogen-bond donors (Lipinski definition) is 1. The zero-order chi connectivity index (χ0) is 28.3. The van der Waals surface area contributed by atoms with E-state index in [0.29, 0.717) is 38.6 Å². The number of carboxylic acids is 1. The van der Waals surface area contributed by atoms with Crippen molar-refractivity contribution >= 4 is 27.9 Å². The van der Waals surface area contributed by atoms with Crippen LogP contribution in [-0.4, -0.2) is 22.5 Å². The summed E-state index contributed by atoms with van der Waals surface area (Å²) in [5.41, 5.74) is 6.31. The van der Waals surface area contributed by atoms with Gasteiger partial charge in [0.25, 0.3) is 0 Å². The van der Waals surface area contributed by atoms with Crippen LogP contribution in [0.5, 0.6) is 5.75 Å². The number of ether oxygens (including phenoxy) is 1. The number of carbonyl (C=O) groups is 1. The maximum atomic E-state index is 12.2. The number of carboxylic acid groups (broad SMARTS) is 1. The molecule has 0 aliphatic heterocycles. The van der Waals surface area contributed by atoms with Crippen LogP contribution in [0.3, 0.4) is 0 Å². The van der Waals surface area contributed by atoms with E-state index in [1.165, 1.54) is 5.56 Å². The number of furan rings is 1. The van der Waals surface area contributed by atoms with Crippen molar-refractivity contribution in [3.8, 4) is 5.75 Å². The molecule has 6 rings (SSSR count). The molecule has 1 fully saturated rings. The first-order valence-corrected chi connectivity index (χ1v) is 14.6. The number of aliphatic carboxylic acids is 1. The predicted octanol–water partition coefficient (Wildman–Crippen LogP) is 8.22. The lowest BCUT2D eigenvalue weighted by Gasteiger charge is -2.25. The number of hydrogen-bond acceptors (Lipinski definition) is 4. The van der Waals surface area contributed by atoms with Gasteiger partial charge in [-0.15, -0.1) is 0 Å². The van der Waals surface area contributed by atoms with Gasteiger partial charge in [0.2, 0.25) is 0 Å². The summed E-state index contributed by atoms with van der Waals surface area (Å²) >= 11 is 0. The fraction of sp³-hybridized carbons (Fsp3) is 0.306. The Labute approximate surface area is 241 Å². The minimum Gasteiger partial charge on any atom is -0.489 e. The molecule has 41 heavy (non-hydrogen) atoms. The fourth-order valence-corrected chi connectivity index (χ4v) is 6.12. The second kappa shape index (κ2) is 11.8. The molecule has 1 aliphatic carbocycles. The number of rotatable bonds is 12. The van der Waals surface area contributed by atoms with E-state index in [1.807, 2.05) is 36.4 Å². The predicted molar refractivity (Wildman–Crippen MR) is 163 cm³/mol. The standard InChI is InChI=1S/C36H37NO4/c1-24-9-7-10-26(19-24)23-40-33-15-5-3-11-27(33)21-37(18-17-31(36(38)39)32-20-25(32)2)22-28-12-8-14-30-29-13-4-6-16-34(29)41-35(28)30/h3-16,19,25,31-32H,17-18,20-23H2,1-2H3,(H,38,39). The Morgan fingerprint density at radius 3 is 2.46 bits per heavy atom. The second-order valence-corrected chi connectivity index (χ2v) is 11.6. The number of nitrogens with zero attached hydrogens (tertiary/aromatic N) is 1. The molecule has 210 valence electrons. The van der Waals surface area contributed by atoms with Crippen molar-refractivity contribution in [3.63, 3.8) is 0 Å². The Kier molecular flexibility index (Phi) is 7.80. The summed E-state index contributed by atoms with van der Waals surface area (Å²) in [7, 11) is 0. The van der Waals surface area contributed by atoms with Gasteiger partial charge in [-0.05, 0) is 55.8 Å². The van der Waals surface area contributed by atoms with Crippen molar-refractivity contribution in [3.05, 3.63) is 113 Å².